The number of benzene rings is 1. The first-order chi connectivity index (χ1) is 11.5. The molecule has 1 fully saturated rings. The summed E-state index contributed by atoms with van der Waals surface area (Å²) in [4.78, 5) is 35.9. The first-order valence-corrected chi connectivity index (χ1v) is 7.19. The van der Waals surface area contributed by atoms with Gasteiger partial charge in [-0.25, -0.2) is 9.69 Å². The molecule has 10 heteroatoms. The fourth-order valence-electron chi connectivity index (χ4n) is 2.34. The lowest BCUT2D eigenvalue weighted by Gasteiger charge is -2.15. The minimum atomic E-state index is -1.40. The molecule has 24 heavy (non-hydrogen) atoms. The lowest BCUT2D eigenvalue weighted by Crippen LogP contribution is -2.32. The largest absolute Gasteiger partial charge is 0.477 e. The molecule has 0 unspecified atom stereocenters. The number of amides is 2. The average Bonchev–Trinajstić information content (AvgIpc) is 3.16. The summed E-state index contributed by atoms with van der Waals surface area (Å²) in [5.41, 5.74) is 0.348. The van der Waals surface area contributed by atoms with Crippen LogP contribution < -0.4 is 0 Å². The van der Waals surface area contributed by atoms with E-state index in [1.54, 1.807) is 12.1 Å². The van der Waals surface area contributed by atoms with Crippen LogP contribution in [0.2, 0.25) is 5.02 Å². The third-order valence-corrected chi connectivity index (χ3v) is 3.62. The summed E-state index contributed by atoms with van der Waals surface area (Å²) in [6.45, 7) is 0. The Bertz CT molecular complexity index is 846. The maximum atomic E-state index is 11.8. The van der Waals surface area contributed by atoms with E-state index < -0.39 is 23.5 Å². The zero-order chi connectivity index (χ0) is 17.3. The van der Waals surface area contributed by atoms with Crippen molar-refractivity contribution >= 4 is 35.5 Å². The number of likely N-dealkylation sites (tertiary alicyclic amines) is 1. The molecule has 0 atom stereocenters. The van der Waals surface area contributed by atoms with Gasteiger partial charge in [0.1, 0.15) is 12.0 Å². The molecule has 2 amide bonds. The van der Waals surface area contributed by atoms with Gasteiger partial charge in [0, 0.05) is 23.4 Å². The minimum Gasteiger partial charge on any atom is -0.477 e. The van der Waals surface area contributed by atoms with E-state index in [9.17, 15) is 19.5 Å². The van der Waals surface area contributed by atoms with Crippen LogP contribution in [0.25, 0.3) is 11.8 Å². The minimum absolute atomic E-state index is 0.0150. The van der Waals surface area contributed by atoms with Crippen LogP contribution in [0.1, 0.15) is 18.4 Å². The number of aromatic nitrogens is 4. The Morgan fingerprint density at radius 1 is 1.25 bits per heavy atom. The van der Waals surface area contributed by atoms with E-state index in [4.69, 9.17) is 11.6 Å². The van der Waals surface area contributed by atoms with Gasteiger partial charge in [0.25, 0.3) is 0 Å². The van der Waals surface area contributed by atoms with Crippen LogP contribution in [0.5, 0.6) is 0 Å². The normalized spacial score (nSPS) is 15.2. The monoisotopic (exact) mass is 347 g/mol. The summed E-state index contributed by atoms with van der Waals surface area (Å²) in [5, 5.41) is 20.6. The first kappa shape index (κ1) is 15.8. The number of tetrazole rings is 1. The number of nitrogens with zero attached hydrogens (tertiary/aromatic N) is 5. The zero-order valence-electron chi connectivity index (χ0n) is 12.1. The van der Waals surface area contributed by atoms with Gasteiger partial charge in [-0.15, -0.1) is 5.10 Å². The van der Waals surface area contributed by atoms with Crippen LogP contribution >= 0.6 is 11.6 Å². The predicted octanol–water partition coefficient (Wildman–Crippen LogP) is 0.890. The predicted molar refractivity (Wildman–Crippen MR) is 80.9 cm³/mol. The summed E-state index contributed by atoms with van der Waals surface area (Å²) in [6.07, 6.45) is 2.50. The maximum Gasteiger partial charge on any atom is 0.353 e. The van der Waals surface area contributed by atoms with Gasteiger partial charge in [-0.3, -0.25) is 9.59 Å². The number of imide groups is 1. The lowest BCUT2D eigenvalue weighted by atomic mass is 10.1. The highest BCUT2D eigenvalue weighted by molar-refractivity contribution is 6.30. The van der Waals surface area contributed by atoms with Crippen LogP contribution in [0, 0.1) is 0 Å². The third-order valence-electron chi connectivity index (χ3n) is 3.39. The summed E-state index contributed by atoms with van der Waals surface area (Å²) >= 11 is 5.97. The molecule has 1 aromatic carbocycles. The third kappa shape index (κ3) is 2.88. The first-order valence-electron chi connectivity index (χ1n) is 6.81. The van der Waals surface area contributed by atoms with Gasteiger partial charge >= 0.3 is 5.97 Å². The summed E-state index contributed by atoms with van der Waals surface area (Å²) in [5.74, 6) is -2.51. The van der Waals surface area contributed by atoms with Gasteiger partial charge in [-0.2, -0.15) is 4.68 Å². The number of carbonyl (C=O) groups is 3. The van der Waals surface area contributed by atoms with Crippen molar-refractivity contribution in [1.82, 2.24) is 25.1 Å². The Balaban J connectivity index is 2.14. The average molecular weight is 348 g/mol. The van der Waals surface area contributed by atoms with Crippen molar-refractivity contribution in [3.63, 3.8) is 0 Å². The number of hydrogen-bond acceptors (Lipinski definition) is 6. The highest BCUT2D eigenvalue weighted by Gasteiger charge is 2.35. The molecule has 3 rings (SSSR count). The van der Waals surface area contributed by atoms with E-state index in [1.807, 2.05) is 0 Å². The summed E-state index contributed by atoms with van der Waals surface area (Å²) < 4.78 is 1.31. The van der Waals surface area contributed by atoms with Crippen molar-refractivity contribution in [1.29, 1.82) is 0 Å². The highest BCUT2D eigenvalue weighted by atomic mass is 35.5. The van der Waals surface area contributed by atoms with Crippen molar-refractivity contribution in [2.75, 3.05) is 0 Å². The van der Waals surface area contributed by atoms with E-state index in [2.05, 4.69) is 15.5 Å². The quantitative estimate of drug-likeness (QED) is 0.644. The second-order valence-corrected chi connectivity index (χ2v) is 5.35. The number of carboxylic acids is 1. The second-order valence-electron chi connectivity index (χ2n) is 4.92. The van der Waals surface area contributed by atoms with Gasteiger partial charge in [0.2, 0.25) is 11.8 Å². The molecule has 0 radical (unpaired) electrons. The van der Waals surface area contributed by atoms with Gasteiger partial charge < -0.3 is 5.11 Å². The maximum absolute atomic E-state index is 11.8. The van der Waals surface area contributed by atoms with E-state index in [-0.39, 0.29) is 12.8 Å². The highest BCUT2D eigenvalue weighted by Crippen LogP contribution is 2.25. The van der Waals surface area contributed by atoms with Crippen LogP contribution in [0.15, 0.2) is 30.2 Å². The van der Waals surface area contributed by atoms with Crippen molar-refractivity contribution in [3.8, 4) is 5.69 Å². The SMILES string of the molecule is O=C(O)/C(=C\c1cc(Cl)ccc1-n1cnnn1)N1C(=O)CCC1=O. The number of rotatable bonds is 4. The number of carboxylic acid groups (broad SMARTS) is 1. The number of carbonyl (C=O) groups excluding carboxylic acids is 2. The summed E-state index contributed by atoms with van der Waals surface area (Å²) in [7, 11) is 0. The van der Waals surface area contributed by atoms with Crippen molar-refractivity contribution in [2.24, 2.45) is 0 Å². The fraction of sp³-hybridized carbons (Fsp3) is 0.143. The smallest absolute Gasteiger partial charge is 0.353 e. The molecule has 0 spiro atoms. The molecule has 0 aliphatic carbocycles. The van der Waals surface area contributed by atoms with Crippen molar-refractivity contribution in [2.45, 2.75) is 12.8 Å². The van der Waals surface area contributed by atoms with Crippen LogP contribution in [-0.2, 0) is 14.4 Å². The van der Waals surface area contributed by atoms with Crippen LogP contribution in [0.3, 0.4) is 0 Å². The second kappa shape index (κ2) is 6.20. The molecule has 1 aromatic heterocycles. The Labute approximate surface area is 140 Å². The number of halogens is 1. The molecule has 2 heterocycles. The van der Waals surface area contributed by atoms with Crippen molar-refractivity contribution < 1.29 is 19.5 Å². The molecular weight excluding hydrogens is 338 g/mol. The van der Waals surface area contributed by atoms with E-state index >= 15 is 0 Å². The Kier molecular flexibility index (Phi) is 4.09. The van der Waals surface area contributed by atoms with E-state index in [0.29, 0.717) is 21.2 Å². The lowest BCUT2D eigenvalue weighted by molar-refractivity contribution is -0.143. The Morgan fingerprint density at radius 2 is 1.96 bits per heavy atom. The van der Waals surface area contributed by atoms with Crippen LogP contribution in [0.4, 0.5) is 0 Å². The molecule has 0 saturated carbocycles. The molecule has 2 aromatic rings. The van der Waals surface area contributed by atoms with E-state index in [1.165, 1.54) is 23.2 Å². The Morgan fingerprint density at radius 3 is 2.54 bits per heavy atom. The topological polar surface area (TPSA) is 118 Å². The molecule has 9 nitrogen and oxygen atoms in total. The van der Waals surface area contributed by atoms with Crippen molar-refractivity contribution in [3.05, 3.63) is 40.8 Å². The molecule has 122 valence electrons. The fourth-order valence-corrected chi connectivity index (χ4v) is 2.52. The summed E-state index contributed by atoms with van der Waals surface area (Å²) in [6, 6.07) is 4.67. The van der Waals surface area contributed by atoms with Gasteiger partial charge in [0.15, 0.2) is 0 Å². The number of aliphatic carboxylic acids is 1. The van der Waals surface area contributed by atoms with Gasteiger partial charge in [-0.05, 0) is 34.7 Å². The molecule has 1 aliphatic rings. The molecule has 0 bridgehead atoms. The number of hydrogen-bond donors (Lipinski definition) is 1. The van der Waals surface area contributed by atoms with Gasteiger partial charge in [-0.1, -0.05) is 11.6 Å². The molecular formula is C14H10ClN5O4. The molecule has 1 N–H and O–H groups in total. The Hall–Kier alpha value is -3.07. The molecule has 1 aliphatic heterocycles. The molecule has 1 saturated heterocycles. The standard InChI is InChI=1S/C14H10ClN5O4/c15-9-1-2-10(19-7-16-17-18-19)8(5-9)6-11(14(23)24)20-12(21)3-4-13(20)22/h1-2,5-7H,3-4H2,(H,23,24)/b11-6+. The van der Waals surface area contributed by atoms with Crippen LogP contribution in [-0.4, -0.2) is 48.0 Å². The zero-order valence-corrected chi connectivity index (χ0v) is 12.8. The van der Waals surface area contributed by atoms with Gasteiger partial charge in [0.05, 0.1) is 5.69 Å². The van der Waals surface area contributed by atoms with E-state index in [0.717, 1.165) is 0 Å².